The van der Waals surface area contributed by atoms with Gasteiger partial charge in [0.1, 0.15) is 0 Å². The highest BCUT2D eigenvalue weighted by molar-refractivity contribution is 6.30. The molecule has 2 fully saturated rings. The van der Waals surface area contributed by atoms with E-state index in [1.807, 2.05) is 0 Å². The van der Waals surface area contributed by atoms with Gasteiger partial charge in [-0.2, -0.15) is 0 Å². The summed E-state index contributed by atoms with van der Waals surface area (Å²) < 4.78 is 0. The molecule has 2 bridgehead atoms. The summed E-state index contributed by atoms with van der Waals surface area (Å²) in [4.78, 5) is 12.3. The maximum atomic E-state index is 12.3. The lowest BCUT2D eigenvalue weighted by molar-refractivity contribution is -0.127. The van der Waals surface area contributed by atoms with E-state index in [1.165, 1.54) is 0 Å². The van der Waals surface area contributed by atoms with Crippen molar-refractivity contribution in [2.24, 2.45) is 23.5 Å². The molecule has 122 valence electrons. The van der Waals surface area contributed by atoms with E-state index in [9.17, 15) is 9.90 Å². The van der Waals surface area contributed by atoms with Gasteiger partial charge in [0.15, 0.2) is 0 Å². The number of rotatable bonds is 4. The van der Waals surface area contributed by atoms with E-state index in [4.69, 9.17) is 17.3 Å². The maximum absolute atomic E-state index is 12.3. The summed E-state index contributed by atoms with van der Waals surface area (Å²) in [7, 11) is 0. The number of aliphatic hydroxyl groups is 1. The molecule has 0 saturated heterocycles. The van der Waals surface area contributed by atoms with Crippen LogP contribution in [0.1, 0.15) is 30.9 Å². The van der Waals surface area contributed by atoms with Crippen LogP contribution in [-0.4, -0.2) is 23.6 Å². The Morgan fingerprint density at radius 3 is 2.55 bits per heavy atom. The Balaban J connectivity index is 0.00000176. The average Bonchev–Trinajstić information content (AvgIpc) is 3.06. The van der Waals surface area contributed by atoms with Gasteiger partial charge < -0.3 is 16.2 Å². The fourth-order valence-electron chi connectivity index (χ4n) is 3.84. The number of amides is 1. The third-order valence-corrected chi connectivity index (χ3v) is 5.26. The van der Waals surface area contributed by atoms with Crippen molar-refractivity contribution in [2.75, 3.05) is 6.54 Å². The van der Waals surface area contributed by atoms with Crippen LogP contribution in [0.25, 0.3) is 0 Å². The van der Waals surface area contributed by atoms with Crippen molar-refractivity contribution < 1.29 is 9.90 Å². The van der Waals surface area contributed by atoms with Gasteiger partial charge in [0.2, 0.25) is 5.91 Å². The number of hydrogen-bond acceptors (Lipinski definition) is 3. The first-order valence-electron chi connectivity index (χ1n) is 7.53. The summed E-state index contributed by atoms with van der Waals surface area (Å²) >= 11 is 5.82. The lowest BCUT2D eigenvalue weighted by Gasteiger charge is -2.27. The zero-order chi connectivity index (χ0) is 15.0. The predicted molar refractivity (Wildman–Crippen MR) is 89.0 cm³/mol. The largest absolute Gasteiger partial charge is 0.387 e. The number of carbonyl (C=O) groups excluding carboxylic acids is 1. The molecule has 0 radical (unpaired) electrons. The van der Waals surface area contributed by atoms with Crippen LogP contribution < -0.4 is 11.1 Å². The van der Waals surface area contributed by atoms with Crippen LogP contribution in [0.3, 0.4) is 0 Å². The molecule has 2 aliphatic carbocycles. The predicted octanol–water partition coefficient (Wildman–Crippen LogP) is 2.28. The molecule has 6 heteroatoms. The van der Waals surface area contributed by atoms with E-state index in [2.05, 4.69) is 5.32 Å². The molecule has 0 spiro atoms. The summed E-state index contributed by atoms with van der Waals surface area (Å²) in [6, 6.07) is 6.98. The van der Waals surface area contributed by atoms with Gasteiger partial charge in [-0.15, -0.1) is 12.4 Å². The van der Waals surface area contributed by atoms with Gasteiger partial charge in [-0.25, -0.2) is 0 Å². The van der Waals surface area contributed by atoms with Gasteiger partial charge in [0.05, 0.1) is 12.0 Å². The van der Waals surface area contributed by atoms with E-state index < -0.39 is 6.10 Å². The Kier molecular flexibility index (Phi) is 5.72. The summed E-state index contributed by atoms with van der Waals surface area (Å²) in [5, 5.41) is 13.6. The molecule has 1 aromatic rings. The molecular formula is C16H22Cl2N2O2. The van der Waals surface area contributed by atoms with E-state index in [-0.39, 0.29) is 36.8 Å². The molecule has 2 saturated carbocycles. The Labute approximate surface area is 141 Å². The van der Waals surface area contributed by atoms with Crippen molar-refractivity contribution in [1.29, 1.82) is 0 Å². The first-order valence-corrected chi connectivity index (χ1v) is 7.91. The quantitative estimate of drug-likeness (QED) is 0.784. The number of carbonyl (C=O) groups is 1. The molecule has 4 nitrogen and oxygen atoms in total. The second-order valence-electron chi connectivity index (χ2n) is 6.25. The number of aliphatic hydroxyl groups excluding tert-OH is 1. The lowest BCUT2D eigenvalue weighted by Crippen LogP contribution is -2.46. The minimum absolute atomic E-state index is 0. The first kappa shape index (κ1) is 17.5. The number of nitrogens with two attached hydrogens (primary N) is 1. The van der Waals surface area contributed by atoms with Crippen molar-refractivity contribution in [2.45, 2.75) is 31.4 Å². The molecule has 5 unspecified atom stereocenters. The number of nitrogens with one attached hydrogen (secondary N) is 1. The highest BCUT2D eigenvalue weighted by Gasteiger charge is 2.48. The fourth-order valence-corrected chi connectivity index (χ4v) is 3.97. The molecule has 0 aromatic heterocycles. The molecular weight excluding hydrogens is 323 g/mol. The molecule has 2 aliphatic rings. The summed E-state index contributed by atoms with van der Waals surface area (Å²) in [6.07, 6.45) is 2.62. The van der Waals surface area contributed by atoms with Crippen molar-refractivity contribution in [3.05, 3.63) is 34.9 Å². The highest BCUT2D eigenvalue weighted by Crippen LogP contribution is 2.47. The van der Waals surface area contributed by atoms with Gasteiger partial charge in [-0.05, 0) is 48.8 Å². The molecule has 22 heavy (non-hydrogen) atoms. The van der Waals surface area contributed by atoms with Crippen molar-refractivity contribution in [3.8, 4) is 0 Å². The molecule has 0 aliphatic heterocycles. The SMILES string of the molecule is Cl.NC1C2CCC(C2)C1C(=O)NCC(O)c1ccc(Cl)cc1. The Hall–Kier alpha value is -0.810. The van der Waals surface area contributed by atoms with Gasteiger partial charge >= 0.3 is 0 Å². The van der Waals surface area contributed by atoms with Gasteiger partial charge in [0.25, 0.3) is 0 Å². The Bertz CT molecular complexity index is 521. The number of fused-ring (bicyclic) bond motifs is 2. The van der Waals surface area contributed by atoms with Crippen molar-refractivity contribution >= 4 is 29.9 Å². The number of benzene rings is 1. The van der Waals surface area contributed by atoms with Crippen LogP contribution >= 0.6 is 24.0 Å². The number of hydrogen-bond donors (Lipinski definition) is 3. The third kappa shape index (κ3) is 3.40. The normalized spacial score (nSPS) is 30.7. The van der Waals surface area contributed by atoms with E-state index in [0.717, 1.165) is 24.8 Å². The zero-order valence-corrected chi connectivity index (χ0v) is 13.8. The van der Waals surface area contributed by atoms with Crippen molar-refractivity contribution in [1.82, 2.24) is 5.32 Å². The molecule has 0 heterocycles. The van der Waals surface area contributed by atoms with Crippen LogP contribution in [0.4, 0.5) is 0 Å². The van der Waals surface area contributed by atoms with E-state index >= 15 is 0 Å². The molecule has 3 rings (SSSR count). The second kappa shape index (κ2) is 7.18. The van der Waals surface area contributed by atoms with E-state index in [0.29, 0.717) is 16.9 Å². The standard InChI is InChI=1S/C16H21ClN2O2.ClH/c17-12-5-3-9(4-6-12)13(20)8-19-16(21)14-10-1-2-11(7-10)15(14)18;/h3-6,10-11,13-15,20H,1-2,7-8,18H2,(H,19,21);1H. The van der Waals surface area contributed by atoms with Crippen LogP contribution in [0.15, 0.2) is 24.3 Å². The lowest BCUT2D eigenvalue weighted by atomic mass is 9.84. The zero-order valence-electron chi connectivity index (χ0n) is 12.2. The van der Waals surface area contributed by atoms with Crippen LogP contribution in [0.5, 0.6) is 0 Å². The average molecular weight is 345 g/mol. The summed E-state index contributed by atoms with van der Waals surface area (Å²) in [5.41, 5.74) is 6.91. The molecule has 4 N–H and O–H groups in total. The second-order valence-corrected chi connectivity index (χ2v) is 6.69. The Morgan fingerprint density at radius 2 is 1.95 bits per heavy atom. The van der Waals surface area contributed by atoms with Gasteiger partial charge in [-0.1, -0.05) is 23.7 Å². The van der Waals surface area contributed by atoms with Gasteiger partial charge in [0, 0.05) is 17.6 Å². The van der Waals surface area contributed by atoms with Gasteiger partial charge in [-0.3, -0.25) is 4.79 Å². The molecule has 1 amide bonds. The highest BCUT2D eigenvalue weighted by atomic mass is 35.5. The van der Waals surface area contributed by atoms with Crippen LogP contribution in [0, 0.1) is 17.8 Å². The summed E-state index contributed by atoms with van der Waals surface area (Å²) in [6.45, 7) is 0.209. The minimum atomic E-state index is -0.721. The van der Waals surface area contributed by atoms with Crippen LogP contribution in [0.2, 0.25) is 5.02 Å². The van der Waals surface area contributed by atoms with Crippen molar-refractivity contribution in [3.63, 3.8) is 0 Å². The molecule has 1 aromatic carbocycles. The monoisotopic (exact) mass is 344 g/mol. The minimum Gasteiger partial charge on any atom is -0.387 e. The smallest absolute Gasteiger partial charge is 0.225 e. The third-order valence-electron chi connectivity index (χ3n) is 5.01. The maximum Gasteiger partial charge on any atom is 0.225 e. The number of halogens is 2. The van der Waals surface area contributed by atoms with Crippen LogP contribution in [-0.2, 0) is 4.79 Å². The first-order chi connectivity index (χ1) is 10.1. The Morgan fingerprint density at radius 1 is 1.32 bits per heavy atom. The fraction of sp³-hybridized carbons (Fsp3) is 0.562. The topological polar surface area (TPSA) is 75.4 Å². The summed E-state index contributed by atoms with van der Waals surface area (Å²) in [5.74, 6) is 0.841. The van der Waals surface area contributed by atoms with E-state index in [1.54, 1.807) is 24.3 Å². The molecule has 5 atom stereocenters.